The van der Waals surface area contributed by atoms with Gasteiger partial charge in [0.05, 0.1) is 23.3 Å². The molecule has 0 unspecified atom stereocenters. The van der Waals surface area contributed by atoms with Crippen LogP contribution in [0.25, 0.3) is 22.3 Å². The predicted molar refractivity (Wildman–Crippen MR) is 141 cm³/mol. The van der Waals surface area contributed by atoms with E-state index in [9.17, 15) is 0 Å². The first-order chi connectivity index (χ1) is 17.3. The zero-order valence-electron chi connectivity index (χ0n) is 19.3. The molecule has 0 saturated carbocycles. The Morgan fingerprint density at radius 2 is 1.26 bits per heavy atom. The lowest BCUT2D eigenvalue weighted by atomic mass is 9.81. The molecule has 0 radical (unpaired) electrons. The summed E-state index contributed by atoms with van der Waals surface area (Å²) >= 11 is 0. The van der Waals surface area contributed by atoms with Gasteiger partial charge in [-0.3, -0.25) is 4.98 Å². The van der Waals surface area contributed by atoms with Gasteiger partial charge in [0.2, 0.25) is 0 Å². The van der Waals surface area contributed by atoms with Crippen molar-refractivity contribution >= 4 is 17.1 Å². The summed E-state index contributed by atoms with van der Waals surface area (Å²) in [6.07, 6.45) is 8.05. The van der Waals surface area contributed by atoms with Crippen molar-refractivity contribution in [2.24, 2.45) is 0 Å². The molecule has 2 heteroatoms. The summed E-state index contributed by atoms with van der Waals surface area (Å²) in [5, 5.41) is 0. The van der Waals surface area contributed by atoms with Gasteiger partial charge in [-0.05, 0) is 80.1 Å². The summed E-state index contributed by atoms with van der Waals surface area (Å²) in [5.41, 5.74) is 21.3. The van der Waals surface area contributed by atoms with E-state index in [4.69, 9.17) is 0 Å². The number of fused-ring (bicyclic) bond motifs is 12. The van der Waals surface area contributed by atoms with Gasteiger partial charge in [0, 0.05) is 24.6 Å². The molecule has 4 aromatic carbocycles. The molecule has 0 N–H and O–H groups in total. The van der Waals surface area contributed by atoms with Crippen molar-refractivity contribution in [3.8, 4) is 22.3 Å². The maximum absolute atomic E-state index is 4.60. The fraction of sp³-hybridized carbons (Fsp3) is 0.121. The maximum atomic E-state index is 4.60. The molecule has 4 aliphatic rings. The van der Waals surface area contributed by atoms with Crippen LogP contribution in [-0.4, -0.2) is 4.98 Å². The number of anilines is 3. The summed E-state index contributed by atoms with van der Waals surface area (Å²) in [6, 6.07) is 27.4. The van der Waals surface area contributed by atoms with E-state index in [1.54, 1.807) is 0 Å². The van der Waals surface area contributed by atoms with E-state index >= 15 is 0 Å². The van der Waals surface area contributed by atoms with E-state index in [1.807, 2.05) is 6.20 Å². The Hall–Kier alpha value is -4.17. The van der Waals surface area contributed by atoms with Crippen LogP contribution in [0.2, 0.25) is 0 Å². The predicted octanol–water partition coefficient (Wildman–Crippen LogP) is 7.50. The lowest BCUT2D eigenvalue weighted by Crippen LogP contribution is -2.26. The number of rotatable bonds is 0. The second-order valence-corrected chi connectivity index (χ2v) is 10.4. The highest BCUT2D eigenvalue weighted by Crippen LogP contribution is 2.58. The number of aromatic nitrogens is 1. The molecule has 35 heavy (non-hydrogen) atoms. The fourth-order valence-electron chi connectivity index (χ4n) is 7.20. The van der Waals surface area contributed by atoms with E-state index in [0.717, 1.165) is 25.7 Å². The van der Waals surface area contributed by atoms with Crippen molar-refractivity contribution in [1.29, 1.82) is 0 Å². The number of benzene rings is 4. The van der Waals surface area contributed by atoms with Crippen LogP contribution in [0, 0.1) is 0 Å². The molecule has 0 spiro atoms. The number of pyridine rings is 1. The van der Waals surface area contributed by atoms with Gasteiger partial charge >= 0.3 is 0 Å². The van der Waals surface area contributed by atoms with Crippen LogP contribution < -0.4 is 4.90 Å². The Labute approximate surface area is 204 Å². The zero-order valence-corrected chi connectivity index (χ0v) is 19.3. The molecule has 2 aliphatic heterocycles. The third-order valence-corrected chi connectivity index (χ3v) is 8.57. The first-order valence-corrected chi connectivity index (χ1v) is 12.6. The quantitative estimate of drug-likeness (QED) is 0.240. The van der Waals surface area contributed by atoms with E-state index in [1.165, 1.54) is 83.8 Å². The standard InChI is InChI=1S/C33H22N2/c1-3-7-26-20(6-1)14-24-16-25-15-23-10-9-22-13-19-5-2-4-8-27(19)31(22)33(23)35-29-18-34-12-11-21(29)17-28(30(24)26)32(25)35/h1-12,16,18H,13-15,17H2. The third-order valence-electron chi connectivity index (χ3n) is 8.57. The molecular weight excluding hydrogens is 424 g/mol. The first kappa shape index (κ1) is 18.2. The van der Waals surface area contributed by atoms with Crippen LogP contribution >= 0.6 is 0 Å². The molecule has 1 aromatic heterocycles. The molecule has 0 saturated heterocycles. The molecule has 3 heterocycles. The summed E-state index contributed by atoms with van der Waals surface area (Å²) < 4.78 is 0. The van der Waals surface area contributed by atoms with Crippen molar-refractivity contribution in [2.75, 3.05) is 4.90 Å². The van der Waals surface area contributed by atoms with Crippen LogP contribution in [0.15, 0.2) is 85.2 Å². The molecule has 2 nitrogen and oxygen atoms in total. The van der Waals surface area contributed by atoms with Gasteiger partial charge in [-0.25, -0.2) is 0 Å². The van der Waals surface area contributed by atoms with E-state index < -0.39 is 0 Å². The van der Waals surface area contributed by atoms with Crippen molar-refractivity contribution in [3.05, 3.63) is 130 Å². The van der Waals surface area contributed by atoms with Gasteiger partial charge in [-0.15, -0.1) is 0 Å². The lowest BCUT2D eigenvalue weighted by molar-refractivity contribution is 0.997. The Bertz CT molecular complexity index is 1760. The molecule has 164 valence electrons. The van der Waals surface area contributed by atoms with Gasteiger partial charge in [-0.1, -0.05) is 66.7 Å². The second kappa shape index (κ2) is 6.28. The van der Waals surface area contributed by atoms with Gasteiger partial charge in [0.25, 0.3) is 0 Å². The van der Waals surface area contributed by atoms with Crippen molar-refractivity contribution < 1.29 is 0 Å². The second-order valence-electron chi connectivity index (χ2n) is 10.4. The summed E-state index contributed by atoms with van der Waals surface area (Å²) in [7, 11) is 0. The van der Waals surface area contributed by atoms with Gasteiger partial charge < -0.3 is 4.90 Å². The van der Waals surface area contributed by atoms with Crippen LogP contribution in [0.4, 0.5) is 17.1 Å². The lowest BCUT2D eigenvalue weighted by Gasteiger charge is -2.41. The minimum atomic E-state index is 0.967. The molecular formula is C33H22N2. The summed E-state index contributed by atoms with van der Waals surface area (Å²) in [6.45, 7) is 0. The van der Waals surface area contributed by atoms with Crippen molar-refractivity contribution in [3.63, 3.8) is 0 Å². The van der Waals surface area contributed by atoms with E-state index in [-0.39, 0.29) is 0 Å². The number of hydrogen-bond donors (Lipinski definition) is 0. The average molecular weight is 447 g/mol. The summed E-state index contributed by atoms with van der Waals surface area (Å²) in [4.78, 5) is 7.18. The first-order valence-electron chi connectivity index (χ1n) is 12.6. The monoisotopic (exact) mass is 446 g/mol. The number of hydrogen-bond acceptors (Lipinski definition) is 2. The maximum Gasteiger partial charge on any atom is 0.0680 e. The van der Waals surface area contributed by atoms with Crippen LogP contribution in [-0.2, 0) is 25.7 Å². The molecule has 5 aromatic rings. The highest BCUT2D eigenvalue weighted by atomic mass is 15.2. The Morgan fingerprint density at radius 1 is 0.543 bits per heavy atom. The minimum Gasteiger partial charge on any atom is -0.307 e. The zero-order chi connectivity index (χ0) is 22.7. The normalized spacial score (nSPS) is 14.9. The smallest absolute Gasteiger partial charge is 0.0680 e. The largest absolute Gasteiger partial charge is 0.307 e. The minimum absolute atomic E-state index is 0.967. The van der Waals surface area contributed by atoms with Crippen LogP contribution in [0.5, 0.6) is 0 Å². The molecule has 9 rings (SSSR count). The molecule has 0 atom stereocenters. The van der Waals surface area contributed by atoms with Crippen LogP contribution in [0.1, 0.15) is 44.5 Å². The Balaban J connectivity index is 1.40. The van der Waals surface area contributed by atoms with Gasteiger partial charge in [0.15, 0.2) is 0 Å². The van der Waals surface area contributed by atoms with E-state index in [2.05, 4.69) is 88.9 Å². The highest BCUT2D eigenvalue weighted by Gasteiger charge is 2.38. The molecule has 2 aliphatic carbocycles. The van der Waals surface area contributed by atoms with Gasteiger partial charge in [-0.2, -0.15) is 0 Å². The van der Waals surface area contributed by atoms with Crippen molar-refractivity contribution in [1.82, 2.24) is 4.98 Å². The Morgan fingerprint density at radius 3 is 2.11 bits per heavy atom. The molecule has 0 amide bonds. The Kier molecular flexibility index (Phi) is 3.27. The molecule has 0 fully saturated rings. The topological polar surface area (TPSA) is 16.1 Å². The fourth-order valence-corrected chi connectivity index (χ4v) is 7.20. The van der Waals surface area contributed by atoms with E-state index in [0.29, 0.717) is 0 Å². The molecule has 0 bridgehead atoms. The summed E-state index contributed by atoms with van der Waals surface area (Å²) in [5.74, 6) is 0. The van der Waals surface area contributed by atoms with Crippen LogP contribution in [0.3, 0.4) is 0 Å². The average Bonchev–Trinajstić information content (AvgIpc) is 3.46. The highest BCUT2D eigenvalue weighted by molar-refractivity contribution is 6.01. The number of nitrogens with zero attached hydrogens (tertiary/aromatic N) is 2. The third kappa shape index (κ3) is 2.23. The SMILES string of the molecule is c1ccc2c(c1)Cc1cc3c4c(c1-2)Cc1ccncc1N4c1c(ccc2c1-c1ccccc1C2)C3. The van der Waals surface area contributed by atoms with Crippen molar-refractivity contribution in [2.45, 2.75) is 25.7 Å². The van der Waals surface area contributed by atoms with Gasteiger partial charge in [0.1, 0.15) is 0 Å².